The lowest BCUT2D eigenvalue weighted by molar-refractivity contribution is 0.236. The van der Waals surface area contributed by atoms with Crippen molar-refractivity contribution in [2.45, 2.75) is 19.4 Å². The summed E-state index contributed by atoms with van der Waals surface area (Å²) in [7, 11) is 2.23. The number of rotatable bonds is 4. The van der Waals surface area contributed by atoms with Crippen molar-refractivity contribution < 1.29 is 0 Å². The predicted molar refractivity (Wildman–Crippen MR) is 73.9 cm³/mol. The molecule has 1 aromatic heterocycles. The minimum Gasteiger partial charge on any atom is -0.317 e. The van der Waals surface area contributed by atoms with Gasteiger partial charge in [0.1, 0.15) is 0 Å². The Balaban J connectivity index is 1.77. The molecule has 0 amide bonds. The van der Waals surface area contributed by atoms with E-state index in [4.69, 9.17) is 0 Å². The fourth-order valence-corrected chi connectivity index (χ4v) is 3.84. The highest BCUT2D eigenvalue weighted by Gasteiger charge is 2.15. The largest absolute Gasteiger partial charge is 0.317 e. The fraction of sp³-hybridized carbons (Fsp3) is 0.667. The second-order valence-corrected chi connectivity index (χ2v) is 7.14. The SMILES string of the molecule is CN(Cc1ccc(Br)s1)CC1CCNCC1. The summed E-state index contributed by atoms with van der Waals surface area (Å²) in [5.41, 5.74) is 0. The Bertz CT molecular complexity index is 321. The van der Waals surface area contributed by atoms with Gasteiger partial charge in [-0.2, -0.15) is 0 Å². The van der Waals surface area contributed by atoms with E-state index < -0.39 is 0 Å². The maximum absolute atomic E-state index is 3.51. The summed E-state index contributed by atoms with van der Waals surface area (Å²) in [5, 5.41) is 3.42. The zero-order chi connectivity index (χ0) is 11.4. The van der Waals surface area contributed by atoms with Crippen LogP contribution in [-0.2, 0) is 6.54 Å². The Kier molecular flexibility index (Phi) is 4.82. The van der Waals surface area contributed by atoms with Crippen LogP contribution in [0, 0.1) is 5.92 Å². The Morgan fingerprint density at radius 3 is 2.81 bits per heavy atom. The summed E-state index contributed by atoms with van der Waals surface area (Å²) in [4.78, 5) is 3.90. The van der Waals surface area contributed by atoms with Crippen LogP contribution >= 0.6 is 27.3 Å². The van der Waals surface area contributed by atoms with E-state index in [2.05, 4.69) is 45.3 Å². The molecule has 0 bridgehead atoms. The number of hydrogen-bond acceptors (Lipinski definition) is 3. The first kappa shape index (κ1) is 12.6. The van der Waals surface area contributed by atoms with Gasteiger partial charge in [-0.05, 0) is 67.0 Å². The third kappa shape index (κ3) is 3.84. The van der Waals surface area contributed by atoms with Crippen LogP contribution in [0.15, 0.2) is 15.9 Å². The second-order valence-electron chi connectivity index (χ2n) is 4.60. The summed E-state index contributed by atoms with van der Waals surface area (Å²) in [6, 6.07) is 4.35. The minimum absolute atomic E-state index is 0.884. The van der Waals surface area contributed by atoms with Crippen molar-refractivity contribution in [1.29, 1.82) is 0 Å². The van der Waals surface area contributed by atoms with Gasteiger partial charge in [0.15, 0.2) is 0 Å². The number of nitrogens with one attached hydrogen (secondary N) is 1. The number of thiophene rings is 1. The Hall–Kier alpha value is 0.1000. The van der Waals surface area contributed by atoms with Gasteiger partial charge >= 0.3 is 0 Å². The smallest absolute Gasteiger partial charge is 0.0701 e. The monoisotopic (exact) mass is 302 g/mol. The average Bonchev–Trinajstić information content (AvgIpc) is 2.65. The van der Waals surface area contributed by atoms with Crippen LogP contribution in [-0.4, -0.2) is 31.6 Å². The molecule has 1 saturated heterocycles. The standard InChI is InChI=1S/C12H19BrN2S/c1-15(8-10-4-6-14-7-5-10)9-11-2-3-12(13)16-11/h2-3,10,14H,4-9H2,1H3. The molecule has 0 saturated carbocycles. The molecule has 1 aliphatic rings. The molecule has 2 heterocycles. The van der Waals surface area contributed by atoms with Gasteiger partial charge in [0.25, 0.3) is 0 Å². The van der Waals surface area contributed by atoms with E-state index >= 15 is 0 Å². The van der Waals surface area contributed by atoms with E-state index in [1.54, 1.807) is 0 Å². The van der Waals surface area contributed by atoms with Crippen LogP contribution in [0.4, 0.5) is 0 Å². The first-order valence-corrected chi connectivity index (χ1v) is 7.48. The molecule has 2 nitrogen and oxygen atoms in total. The Morgan fingerprint density at radius 1 is 1.44 bits per heavy atom. The molecule has 1 N–H and O–H groups in total. The predicted octanol–water partition coefficient (Wildman–Crippen LogP) is 2.94. The van der Waals surface area contributed by atoms with E-state index in [1.165, 1.54) is 41.1 Å². The lowest BCUT2D eigenvalue weighted by Gasteiger charge is -2.27. The molecular formula is C12H19BrN2S. The topological polar surface area (TPSA) is 15.3 Å². The molecule has 1 aliphatic heterocycles. The van der Waals surface area contributed by atoms with Crippen LogP contribution in [0.25, 0.3) is 0 Å². The third-order valence-corrected chi connectivity index (χ3v) is 4.69. The zero-order valence-corrected chi connectivity index (χ0v) is 12.1. The molecule has 16 heavy (non-hydrogen) atoms. The molecule has 4 heteroatoms. The van der Waals surface area contributed by atoms with Crippen LogP contribution in [0.5, 0.6) is 0 Å². The molecular weight excluding hydrogens is 284 g/mol. The first-order chi connectivity index (χ1) is 7.74. The lowest BCUT2D eigenvalue weighted by Crippen LogP contribution is -2.34. The van der Waals surface area contributed by atoms with Crippen LogP contribution in [0.1, 0.15) is 17.7 Å². The number of nitrogens with zero attached hydrogens (tertiary/aromatic N) is 1. The van der Waals surface area contributed by atoms with Gasteiger partial charge in [0.2, 0.25) is 0 Å². The maximum Gasteiger partial charge on any atom is 0.0701 e. The molecule has 90 valence electrons. The second kappa shape index (κ2) is 6.15. The van der Waals surface area contributed by atoms with Crippen LogP contribution < -0.4 is 5.32 Å². The van der Waals surface area contributed by atoms with Gasteiger partial charge in [-0.25, -0.2) is 0 Å². The van der Waals surface area contributed by atoms with Gasteiger partial charge in [-0.1, -0.05) is 0 Å². The van der Waals surface area contributed by atoms with E-state index in [9.17, 15) is 0 Å². The van der Waals surface area contributed by atoms with Gasteiger partial charge in [0.05, 0.1) is 3.79 Å². The Labute approximate surface area is 110 Å². The van der Waals surface area contributed by atoms with Crippen molar-refractivity contribution in [2.75, 3.05) is 26.7 Å². The van der Waals surface area contributed by atoms with Crippen molar-refractivity contribution in [1.82, 2.24) is 10.2 Å². The van der Waals surface area contributed by atoms with Gasteiger partial charge < -0.3 is 10.2 Å². The molecule has 0 atom stereocenters. The highest BCUT2D eigenvalue weighted by Crippen LogP contribution is 2.23. The van der Waals surface area contributed by atoms with Crippen molar-refractivity contribution in [3.8, 4) is 0 Å². The summed E-state index contributed by atoms with van der Waals surface area (Å²) in [6.45, 7) is 4.71. The molecule has 1 fully saturated rings. The van der Waals surface area contributed by atoms with E-state index in [0.29, 0.717) is 0 Å². The van der Waals surface area contributed by atoms with Crippen molar-refractivity contribution >= 4 is 27.3 Å². The molecule has 2 rings (SSSR count). The normalized spacial score (nSPS) is 18.2. The number of halogens is 1. The van der Waals surface area contributed by atoms with Gasteiger partial charge in [-0.15, -0.1) is 11.3 Å². The quantitative estimate of drug-likeness (QED) is 0.920. The number of piperidine rings is 1. The van der Waals surface area contributed by atoms with E-state index in [0.717, 1.165) is 12.5 Å². The highest BCUT2D eigenvalue weighted by molar-refractivity contribution is 9.11. The van der Waals surface area contributed by atoms with Gasteiger partial charge in [-0.3, -0.25) is 0 Å². The van der Waals surface area contributed by atoms with E-state index in [-0.39, 0.29) is 0 Å². The molecule has 0 aliphatic carbocycles. The minimum atomic E-state index is 0.884. The summed E-state index contributed by atoms with van der Waals surface area (Å²) < 4.78 is 1.23. The molecule has 1 aromatic rings. The maximum atomic E-state index is 3.51. The molecule has 0 aromatic carbocycles. The van der Waals surface area contributed by atoms with Crippen LogP contribution in [0.3, 0.4) is 0 Å². The zero-order valence-electron chi connectivity index (χ0n) is 9.71. The summed E-state index contributed by atoms with van der Waals surface area (Å²) in [5.74, 6) is 0.884. The lowest BCUT2D eigenvalue weighted by atomic mass is 9.98. The number of hydrogen-bond donors (Lipinski definition) is 1. The average molecular weight is 303 g/mol. The molecule has 0 unspecified atom stereocenters. The van der Waals surface area contributed by atoms with Crippen molar-refractivity contribution in [2.24, 2.45) is 5.92 Å². The molecule has 0 spiro atoms. The third-order valence-electron chi connectivity index (χ3n) is 3.08. The highest BCUT2D eigenvalue weighted by atomic mass is 79.9. The van der Waals surface area contributed by atoms with Crippen molar-refractivity contribution in [3.63, 3.8) is 0 Å². The first-order valence-electron chi connectivity index (χ1n) is 5.87. The Morgan fingerprint density at radius 2 is 2.19 bits per heavy atom. The summed E-state index contributed by atoms with van der Waals surface area (Å²) >= 11 is 5.35. The van der Waals surface area contributed by atoms with Crippen molar-refractivity contribution in [3.05, 3.63) is 20.8 Å². The van der Waals surface area contributed by atoms with Crippen LogP contribution in [0.2, 0.25) is 0 Å². The fourth-order valence-electron chi connectivity index (χ4n) is 2.27. The van der Waals surface area contributed by atoms with E-state index in [1.807, 2.05) is 11.3 Å². The van der Waals surface area contributed by atoms with Gasteiger partial charge in [0, 0.05) is 18.0 Å². The molecule has 0 radical (unpaired) electrons. The summed E-state index contributed by atoms with van der Waals surface area (Å²) in [6.07, 6.45) is 2.66.